The maximum absolute atomic E-state index is 9.42. The van der Waals surface area contributed by atoms with Crippen molar-refractivity contribution in [2.75, 3.05) is 6.54 Å². The first kappa shape index (κ1) is 9.53. The maximum atomic E-state index is 9.42. The molecule has 76 valence electrons. The van der Waals surface area contributed by atoms with Gasteiger partial charge in [-0.2, -0.15) is 0 Å². The van der Waals surface area contributed by atoms with Crippen LogP contribution in [0, 0.1) is 5.92 Å². The topological polar surface area (TPSA) is 46.2 Å². The Labute approximate surface area is 84.7 Å². The molecular weight excluding hydrogens is 174 g/mol. The van der Waals surface area contributed by atoms with E-state index in [1.165, 1.54) is 5.56 Å². The number of hydrogen-bond acceptors (Lipinski definition) is 2. The smallest absolute Gasteiger partial charge is 0.115 e. The lowest BCUT2D eigenvalue weighted by Crippen LogP contribution is -2.46. The van der Waals surface area contributed by atoms with Crippen molar-refractivity contribution in [3.63, 3.8) is 0 Å². The van der Waals surface area contributed by atoms with Crippen LogP contribution in [0.15, 0.2) is 24.3 Å². The second-order valence-corrected chi connectivity index (χ2v) is 4.55. The third-order valence-electron chi connectivity index (χ3n) is 3.33. The Morgan fingerprint density at radius 1 is 1.50 bits per heavy atom. The lowest BCUT2D eigenvalue weighted by Gasteiger charge is -2.46. The highest BCUT2D eigenvalue weighted by Gasteiger charge is 2.42. The summed E-state index contributed by atoms with van der Waals surface area (Å²) in [6.07, 6.45) is 2.29. The van der Waals surface area contributed by atoms with Gasteiger partial charge >= 0.3 is 0 Å². The molecule has 1 aliphatic carbocycles. The minimum absolute atomic E-state index is 0.137. The number of benzene rings is 1. The molecule has 2 rings (SSSR count). The van der Waals surface area contributed by atoms with E-state index in [1.54, 1.807) is 6.07 Å². The molecule has 0 aliphatic heterocycles. The van der Waals surface area contributed by atoms with Crippen LogP contribution in [0.2, 0.25) is 0 Å². The molecule has 0 atom stereocenters. The van der Waals surface area contributed by atoms with E-state index >= 15 is 0 Å². The van der Waals surface area contributed by atoms with E-state index in [0.717, 1.165) is 18.8 Å². The quantitative estimate of drug-likeness (QED) is 0.751. The number of hydrogen-bond donors (Lipinski definition) is 2. The van der Waals surface area contributed by atoms with Crippen molar-refractivity contribution < 1.29 is 5.11 Å². The van der Waals surface area contributed by atoms with Gasteiger partial charge in [0.1, 0.15) is 5.75 Å². The first-order valence-electron chi connectivity index (χ1n) is 5.16. The number of rotatable bonds is 2. The summed E-state index contributed by atoms with van der Waals surface area (Å²) in [6, 6.07) is 7.51. The highest BCUT2D eigenvalue weighted by molar-refractivity contribution is 5.35. The Balaban J connectivity index is 2.29. The summed E-state index contributed by atoms with van der Waals surface area (Å²) >= 11 is 0. The van der Waals surface area contributed by atoms with E-state index in [-0.39, 0.29) is 5.41 Å². The molecule has 0 aromatic heterocycles. The second kappa shape index (κ2) is 3.28. The monoisotopic (exact) mass is 191 g/mol. The van der Waals surface area contributed by atoms with Crippen LogP contribution in [0.5, 0.6) is 5.75 Å². The van der Waals surface area contributed by atoms with Crippen LogP contribution in [0.4, 0.5) is 0 Å². The summed E-state index contributed by atoms with van der Waals surface area (Å²) in [5, 5.41) is 9.42. The van der Waals surface area contributed by atoms with Crippen molar-refractivity contribution in [1.29, 1.82) is 0 Å². The molecule has 1 fully saturated rings. The van der Waals surface area contributed by atoms with Crippen LogP contribution in [0.25, 0.3) is 0 Å². The van der Waals surface area contributed by atoms with Crippen molar-refractivity contribution in [1.82, 2.24) is 0 Å². The van der Waals surface area contributed by atoms with Gasteiger partial charge in [0, 0.05) is 12.0 Å². The van der Waals surface area contributed by atoms with Crippen LogP contribution in [-0.4, -0.2) is 11.7 Å². The standard InChI is InChI=1S/C12H17NO/c1-9-6-12(7-9,8-13)10-3-2-4-11(14)5-10/h2-5,9,14H,6-8,13H2,1H3. The molecular formula is C12H17NO. The zero-order chi connectivity index (χ0) is 10.2. The molecule has 0 bridgehead atoms. The number of aromatic hydroxyl groups is 1. The Kier molecular flexibility index (Phi) is 2.23. The molecule has 3 N–H and O–H groups in total. The van der Waals surface area contributed by atoms with Gasteiger partial charge in [0.25, 0.3) is 0 Å². The molecule has 0 unspecified atom stereocenters. The predicted octanol–water partition coefficient (Wildman–Crippen LogP) is 2.02. The summed E-state index contributed by atoms with van der Waals surface area (Å²) in [7, 11) is 0. The third-order valence-corrected chi connectivity index (χ3v) is 3.33. The zero-order valence-electron chi connectivity index (χ0n) is 8.53. The van der Waals surface area contributed by atoms with Gasteiger partial charge in [-0.15, -0.1) is 0 Å². The highest BCUT2D eigenvalue weighted by atomic mass is 16.3. The van der Waals surface area contributed by atoms with E-state index in [0.29, 0.717) is 12.3 Å². The molecule has 1 aromatic rings. The molecule has 14 heavy (non-hydrogen) atoms. The van der Waals surface area contributed by atoms with Gasteiger partial charge in [0.2, 0.25) is 0 Å². The van der Waals surface area contributed by atoms with Crippen LogP contribution >= 0.6 is 0 Å². The van der Waals surface area contributed by atoms with Crippen molar-refractivity contribution >= 4 is 0 Å². The van der Waals surface area contributed by atoms with Gasteiger partial charge < -0.3 is 10.8 Å². The number of phenolic OH excluding ortho intramolecular Hbond substituents is 1. The van der Waals surface area contributed by atoms with Gasteiger partial charge in [-0.1, -0.05) is 19.1 Å². The fourth-order valence-electron chi connectivity index (χ4n) is 2.63. The number of phenols is 1. The van der Waals surface area contributed by atoms with Gasteiger partial charge in [-0.25, -0.2) is 0 Å². The summed E-state index contributed by atoms with van der Waals surface area (Å²) < 4.78 is 0. The van der Waals surface area contributed by atoms with Crippen molar-refractivity contribution in [3.8, 4) is 5.75 Å². The lowest BCUT2D eigenvalue weighted by molar-refractivity contribution is 0.164. The van der Waals surface area contributed by atoms with Crippen molar-refractivity contribution in [3.05, 3.63) is 29.8 Å². The normalized spacial score (nSPS) is 31.1. The average molecular weight is 191 g/mol. The van der Waals surface area contributed by atoms with E-state index in [1.807, 2.05) is 12.1 Å². The Bertz CT molecular complexity index is 329. The van der Waals surface area contributed by atoms with Crippen LogP contribution in [0.1, 0.15) is 25.3 Å². The van der Waals surface area contributed by atoms with Gasteiger partial charge in [0.15, 0.2) is 0 Å². The molecule has 1 saturated carbocycles. The SMILES string of the molecule is CC1CC(CN)(c2cccc(O)c2)C1. The van der Waals surface area contributed by atoms with E-state index in [2.05, 4.69) is 13.0 Å². The van der Waals surface area contributed by atoms with Gasteiger partial charge in [-0.3, -0.25) is 0 Å². The molecule has 0 radical (unpaired) electrons. The van der Waals surface area contributed by atoms with E-state index < -0.39 is 0 Å². The van der Waals surface area contributed by atoms with E-state index in [9.17, 15) is 5.11 Å². The zero-order valence-corrected chi connectivity index (χ0v) is 8.53. The minimum atomic E-state index is 0.137. The molecule has 2 heteroatoms. The summed E-state index contributed by atoms with van der Waals surface area (Å²) in [6.45, 7) is 2.93. The Hall–Kier alpha value is -1.02. The average Bonchev–Trinajstić information content (AvgIpc) is 2.12. The van der Waals surface area contributed by atoms with Crippen molar-refractivity contribution in [2.24, 2.45) is 11.7 Å². The first-order chi connectivity index (χ1) is 6.66. The van der Waals surface area contributed by atoms with Crippen LogP contribution < -0.4 is 5.73 Å². The first-order valence-corrected chi connectivity index (χ1v) is 5.16. The molecule has 2 nitrogen and oxygen atoms in total. The minimum Gasteiger partial charge on any atom is -0.508 e. The molecule has 0 amide bonds. The summed E-state index contributed by atoms with van der Waals surface area (Å²) in [5.41, 5.74) is 7.16. The van der Waals surface area contributed by atoms with Crippen LogP contribution in [0.3, 0.4) is 0 Å². The second-order valence-electron chi connectivity index (χ2n) is 4.55. The molecule has 0 heterocycles. The fraction of sp³-hybridized carbons (Fsp3) is 0.500. The van der Waals surface area contributed by atoms with Crippen molar-refractivity contribution in [2.45, 2.75) is 25.2 Å². The predicted molar refractivity (Wildman–Crippen MR) is 57.2 cm³/mol. The van der Waals surface area contributed by atoms with Crippen LogP contribution in [-0.2, 0) is 5.41 Å². The lowest BCUT2D eigenvalue weighted by atomic mass is 9.59. The van der Waals surface area contributed by atoms with E-state index in [4.69, 9.17) is 5.73 Å². The fourth-order valence-corrected chi connectivity index (χ4v) is 2.63. The molecule has 0 spiro atoms. The van der Waals surface area contributed by atoms with Gasteiger partial charge in [-0.05, 0) is 36.5 Å². The summed E-state index contributed by atoms with van der Waals surface area (Å²) in [5.74, 6) is 1.11. The molecule has 1 aromatic carbocycles. The molecule has 0 saturated heterocycles. The third kappa shape index (κ3) is 1.40. The van der Waals surface area contributed by atoms with Gasteiger partial charge in [0.05, 0.1) is 0 Å². The molecule has 1 aliphatic rings. The Morgan fingerprint density at radius 3 is 2.71 bits per heavy atom. The summed E-state index contributed by atoms with van der Waals surface area (Å²) in [4.78, 5) is 0. The number of nitrogens with two attached hydrogens (primary N) is 1. The maximum Gasteiger partial charge on any atom is 0.115 e. The Morgan fingerprint density at radius 2 is 2.21 bits per heavy atom. The largest absolute Gasteiger partial charge is 0.508 e. The highest BCUT2D eigenvalue weighted by Crippen LogP contribution is 2.47.